The van der Waals surface area contributed by atoms with Crippen molar-refractivity contribution in [1.29, 1.82) is 0 Å². The molecule has 0 amide bonds. The maximum Gasteiger partial charge on any atom is 0.132 e. The van der Waals surface area contributed by atoms with Crippen LogP contribution >= 0.6 is 39.1 Å². The Morgan fingerprint density at radius 3 is 2.62 bits per heavy atom. The number of nitrogens with zero attached hydrogens (tertiary/aromatic N) is 2. The zero-order chi connectivity index (χ0) is 15.1. The van der Waals surface area contributed by atoms with Crippen LogP contribution in [0.25, 0.3) is 16.7 Å². The Kier molecular flexibility index (Phi) is 4.00. The first-order valence-electron chi connectivity index (χ1n) is 6.57. The zero-order valence-corrected chi connectivity index (χ0v) is 14.7. The lowest BCUT2D eigenvalue weighted by atomic mass is 10.2. The molecule has 0 saturated heterocycles. The molecular weight excluding hydrogens is 371 g/mol. The molecule has 1 atom stereocenters. The van der Waals surface area contributed by atoms with E-state index in [-0.39, 0.29) is 5.38 Å². The van der Waals surface area contributed by atoms with Crippen molar-refractivity contribution in [3.63, 3.8) is 0 Å². The summed E-state index contributed by atoms with van der Waals surface area (Å²) in [6.07, 6.45) is 0. The fourth-order valence-corrected chi connectivity index (χ4v) is 3.26. The summed E-state index contributed by atoms with van der Waals surface area (Å²) in [5.41, 5.74) is 3.87. The van der Waals surface area contributed by atoms with E-state index in [1.165, 1.54) is 0 Å². The first-order chi connectivity index (χ1) is 10.0. The number of benzene rings is 2. The topological polar surface area (TPSA) is 17.8 Å². The molecule has 0 fully saturated rings. The Bertz CT molecular complexity index is 825. The molecule has 5 heteroatoms. The molecule has 21 heavy (non-hydrogen) atoms. The van der Waals surface area contributed by atoms with Crippen molar-refractivity contribution in [3.05, 3.63) is 57.3 Å². The standard InChI is InChI=1S/C16H13BrCl2N2/c1-9-5-3-8-13(14(9)17)21-15-11(19)6-4-7-12(15)20-16(21)10(2)18/h3-8,10H,1-2H3. The Morgan fingerprint density at radius 1 is 1.19 bits per heavy atom. The van der Waals surface area contributed by atoms with E-state index in [0.717, 1.165) is 32.6 Å². The Balaban J connectivity index is 2.45. The van der Waals surface area contributed by atoms with Gasteiger partial charge in [-0.05, 0) is 53.5 Å². The molecule has 0 bridgehead atoms. The molecule has 1 heterocycles. The molecule has 1 unspecified atom stereocenters. The minimum absolute atomic E-state index is 0.221. The van der Waals surface area contributed by atoms with Gasteiger partial charge in [-0.3, -0.25) is 4.57 Å². The number of fused-ring (bicyclic) bond motifs is 1. The molecule has 2 aromatic carbocycles. The molecule has 0 spiro atoms. The van der Waals surface area contributed by atoms with Gasteiger partial charge in [-0.2, -0.15) is 0 Å². The highest BCUT2D eigenvalue weighted by Crippen LogP contribution is 2.35. The van der Waals surface area contributed by atoms with Crippen LogP contribution in [0.1, 0.15) is 23.7 Å². The van der Waals surface area contributed by atoms with E-state index in [9.17, 15) is 0 Å². The van der Waals surface area contributed by atoms with Gasteiger partial charge in [-0.25, -0.2) is 4.98 Å². The van der Waals surface area contributed by atoms with Crippen LogP contribution in [0.15, 0.2) is 40.9 Å². The van der Waals surface area contributed by atoms with Crippen LogP contribution in [0.5, 0.6) is 0 Å². The first-order valence-corrected chi connectivity index (χ1v) is 8.18. The SMILES string of the molecule is Cc1cccc(-n2c(C(C)Cl)nc3cccc(Cl)c32)c1Br. The lowest BCUT2D eigenvalue weighted by Gasteiger charge is -2.14. The van der Waals surface area contributed by atoms with Crippen molar-refractivity contribution in [3.8, 4) is 5.69 Å². The summed E-state index contributed by atoms with van der Waals surface area (Å²) in [4.78, 5) is 4.65. The van der Waals surface area contributed by atoms with E-state index in [2.05, 4.69) is 33.9 Å². The second-order valence-corrected chi connectivity index (χ2v) is 6.79. The molecule has 108 valence electrons. The minimum Gasteiger partial charge on any atom is -0.292 e. The van der Waals surface area contributed by atoms with Crippen LogP contribution in [0.4, 0.5) is 0 Å². The third kappa shape index (κ3) is 2.48. The highest BCUT2D eigenvalue weighted by Gasteiger charge is 2.20. The van der Waals surface area contributed by atoms with E-state index in [0.29, 0.717) is 5.02 Å². The number of hydrogen-bond donors (Lipinski definition) is 0. The van der Waals surface area contributed by atoms with Crippen LogP contribution < -0.4 is 0 Å². The summed E-state index contributed by atoms with van der Waals surface area (Å²) in [6.45, 7) is 3.97. The summed E-state index contributed by atoms with van der Waals surface area (Å²) in [5, 5.41) is 0.442. The van der Waals surface area contributed by atoms with E-state index in [1.54, 1.807) is 0 Å². The lowest BCUT2D eigenvalue weighted by molar-refractivity contribution is 0.879. The number of para-hydroxylation sites is 1. The van der Waals surface area contributed by atoms with Crippen molar-refractivity contribution in [2.45, 2.75) is 19.2 Å². The smallest absolute Gasteiger partial charge is 0.132 e. The molecule has 3 aromatic rings. The van der Waals surface area contributed by atoms with Gasteiger partial charge >= 0.3 is 0 Å². The number of imidazole rings is 1. The van der Waals surface area contributed by atoms with Gasteiger partial charge in [0.25, 0.3) is 0 Å². The number of rotatable bonds is 2. The molecule has 0 aliphatic rings. The molecule has 2 nitrogen and oxygen atoms in total. The van der Waals surface area contributed by atoms with Gasteiger partial charge in [0.1, 0.15) is 5.82 Å². The Labute approximate surface area is 141 Å². The lowest BCUT2D eigenvalue weighted by Crippen LogP contribution is -2.03. The van der Waals surface area contributed by atoms with Gasteiger partial charge in [-0.15, -0.1) is 11.6 Å². The molecule has 3 rings (SSSR count). The summed E-state index contributed by atoms with van der Waals surface area (Å²) in [7, 11) is 0. The molecule has 0 radical (unpaired) electrons. The number of aromatic nitrogens is 2. The van der Waals surface area contributed by atoms with E-state index in [1.807, 2.05) is 41.8 Å². The number of alkyl halides is 1. The highest BCUT2D eigenvalue weighted by molar-refractivity contribution is 9.10. The predicted octanol–water partition coefficient (Wildman–Crippen LogP) is 6.05. The largest absolute Gasteiger partial charge is 0.292 e. The second-order valence-electron chi connectivity index (χ2n) is 4.94. The molecule has 1 aromatic heterocycles. The average Bonchev–Trinajstić information content (AvgIpc) is 2.83. The highest BCUT2D eigenvalue weighted by atomic mass is 79.9. The number of hydrogen-bond acceptors (Lipinski definition) is 1. The predicted molar refractivity (Wildman–Crippen MR) is 92.8 cm³/mol. The van der Waals surface area contributed by atoms with Crippen LogP contribution in [0.3, 0.4) is 0 Å². The van der Waals surface area contributed by atoms with Gasteiger partial charge in [0.05, 0.1) is 27.1 Å². The number of halogens is 3. The van der Waals surface area contributed by atoms with Gasteiger partial charge in [0.2, 0.25) is 0 Å². The van der Waals surface area contributed by atoms with Crippen LogP contribution in [-0.2, 0) is 0 Å². The summed E-state index contributed by atoms with van der Waals surface area (Å²) in [6, 6.07) is 11.8. The first kappa shape index (κ1) is 14.9. The van der Waals surface area contributed by atoms with Crippen molar-refractivity contribution < 1.29 is 0 Å². The Morgan fingerprint density at radius 2 is 1.90 bits per heavy atom. The van der Waals surface area contributed by atoms with Gasteiger partial charge in [0, 0.05) is 4.47 Å². The maximum absolute atomic E-state index is 6.40. The number of aryl methyl sites for hydroxylation is 1. The van der Waals surface area contributed by atoms with Gasteiger partial charge < -0.3 is 0 Å². The molecule has 0 saturated carbocycles. The van der Waals surface area contributed by atoms with Crippen molar-refractivity contribution in [2.75, 3.05) is 0 Å². The van der Waals surface area contributed by atoms with Crippen molar-refractivity contribution in [1.82, 2.24) is 9.55 Å². The Hall–Kier alpha value is -1.03. The summed E-state index contributed by atoms with van der Waals surface area (Å²) in [5.74, 6) is 0.783. The molecule has 0 aliphatic heterocycles. The molecular formula is C16H13BrCl2N2. The third-order valence-corrected chi connectivity index (χ3v) is 4.95. The van der Waals surface area contributed by atoms with Crippen molar-refractivity contribution in [2.24, 2.45) is 0 Å². The van der Waals surface area contributed by atoms with Gasteiger partial charge in [-0.1, -0.05) is 29.8 Å². The summed E-state index contributed by atoms with van der Waals surface area (Å²) < 4.78 is 3.05. The van der Waals surface area contributed by atoms with E-state index < -0.39 is 0 Å². The quantitative estimate of drug-likeness (QED) is 0.492. The monoisotopic (exact) mass is 382 g/mol. The van der Waals surface area contributed by atoms with E-state index >= 15 is 0 Å². The van der Waals surface area contributed by atoms with Crippen LogP contribution in [-0.4, -0.2) is 9.55 Å². The average molecular weight is 384 g/mol. The second kappa shape index (κ2) is 5.64. The third-order valence-electron chi connectivity index (χ3n) is 3.42. The van der Waals surface area contributed by atoms with E-state index in [4.69, 9.17) is 23.2 Å². The maximum atomic E-state index is 6.40. The summed E-state index contributed by atoms with van der Waals surface area (Å²) >= 11 is 16.4. The van der Waals surface area contributed by atoms with Crippen LogP contribution in [0.2, 0.25) is 5.02 Å². The molecule has 0 N–H and O–H groups in total. The zero-order valence-electron chi connectivity index (χ0n) is 11.6. The minimum atomic E-state index is -0.221. The fourth-order valence-electron chi connectivity index (χ4n) is 2.42. The molecule has 0 aliphatic carbocycles. The van der Waals surface area contributed by atoms with Gasteiger partial charge in [0.15, 0.2) is 0 Å². The van der Waals surface area contributed by atoms with Crippen LogP contribution in [0, 0.1) is 6.92 Å². The fraction of sp³-hybridized carbons (Fsp3) is 0.188. The normalized spacial score (nSPS) is 12.8. The van der Waals surface area contributed by atoms with Crippen molar-refractivity contribution >= 4 is 50.2 Å².